The van der Waals surface area contributed by atoms with Crippen molar-refractivity contribution in [3.8, 4) is 17.2 Å². The van der Waals surface area contributed by atoms with Crippen LogP contribution < -0.4 is 14.4 Å². The number of aromatic hydroxyl groups is 1. The maximum absolute atomic E-state index is 14.0. The second-order valence-electron chi connectivity index (χ2n) is 10.7. The second kappa shape index (κ2) is 9.37. The van der Waals surface area contributed by atoms with Crippen LogP contribution in [0.15, 0.2) is 48.0 Å². The first-order valence-electron chi connectivity index (χ1n) is 12.9. The minimum absolute atomic E-state index is 0.130. The highest BCUT2D eigenvalue weighted by atomic mass is 35.5. The number of imide groups is 2. The number of likely N-dealkylation sites (tertiary alicyclic amines) is 1. The zero-order chi connectivity index (χ0) is 29.6. The van der Waals surface area contributed by atoms with Crippen LogP contribution in [0.2, 0.25) is 5.02 Å². The number of rotatable bonds is 4. The van der Waals surface area contributed by atoms with Crippen molar-refractivity contribution in [2.45, 2.75) is 28.5 Å². The minimum atomic E-state index is -2.06. The lowest BCUT2D eigenvalue weighted by Crippen LogP contribution is -2.60. The summed E-state index contributed by atoms with van der Waals surface area (Å²) in [5.41, 5.74) is 1.04. The van der Waals surface area contributed by atoms with Crippen molar-refractivity contribution in [1.82, 2.24) is 4.90 Å². The Labute approximate surface area is 250 Å². The van der Waals surface area contributed by atoms with Gasteiger partial charge in [0, 0.05) is 35.7 Å². The maximum Gasteiger partial charge on any atom is 0.253 e. The molecule has 2 aromatic rings. The van der Waals surface area contributed by atoms with Gasteiger partial charge >= 0.3 is 0 Å². The summed E-state index contributed by atoms with van der Waals surface area (Å²) in [7, 11) is 4.10. The van der Waals surface area contributed by atoms with Gasteiger partial charge in [0.05, 0.1) is 31.7 Å². The number of carbonyl (C=O) groups excluding carboxylic acids is 4. The van der Waals surface area contributed by atoms with Crippen molar-refractivity contribution in [1.29, 1.82) is 0 Å². The van der Waals surface area contributed by atoms with Crippen LogP contribution in [0.4, 0.5) is 5.69 Å². The number of hydrogen-bond donors (Lipinski definition) is 1. The zero-order valence-corrected chi connectivity index (χ0v) is 24.5. The van der Waals surface area contributed by atoms with Crippen molar-refractivity contribution < 1.29 is 33.8 Å². The van der Waals surface area contributed by atoms with Gasteiger partial charge in [0.2, 0.25) is 11.8 Å². The normalized spacial score (nSPS) is 32.5. The molecule has 2 aliphatic carbocycles. The lowest BCUT2D eigenvalue weighted by molar-refractivity contribution is -0.138. The molecule has 12 heteroatoms. The molecule has 0 unspecified atom stereocenters. The Morgan fingerprint density at radius 3 is 2.27 bits per heavy atom. The van der Waals surface area contributed by atoms with Gasteiger partial charge in [0.25, 0.3) is 11.8 Å². The monoisotopic (exact) mass is 618 g/mol. The summed E-state index contributed by atoms with van der Waals surface area (Å²) >= 11 is 20.4. The molecule has 2 saturated heterocycles. The molecule has 2 aliphatic heterocycles. The molecule has 2 heterocycles. The first-order valence-corrected chi connectivity index (χ1v) is 14.0. The van der Waals surface area contributed by atoms with Gasteiger partial charge in [0.15, 0.2) is 9.75 Å². The van der Waals surface area contributed by atoms with Crippen molar-refractivity contribution in [3.05, 3.63) is 58.6 Å². The molecule has 2 aromatic carbocycles. The largest absolute Gasteiger partial charge is 0.507 e. The van der Waals surface area contributed by atoms with E-state index in [2.05, 4.69) is 0 Å². The third-order valence-corrected chi connectivity index (χ3v) is 10.6. The van der Waals surface area contributed by atoms with Crippen LogP contribution in [-0.4, -0.2) is 64.7 Å². The molecule has 6 rings (SSSR count). The fraction of sp³-hybridized carbons (Fsp3) is 0.379. The summed E-state index contributed by atoms with van der Waals surface area (Å²) in [6.07, 6.45) is 1.80. The standard InChI is InChI=1S/C29H25Cl3N2O7/c1-33-26(38)28(31)12-18-16(8-9-17-21(18)25(37)34(24(17)36)14-6-4-13(30)5-7-14)23(29(28,32)27(33)39)22-19(35)10-15(40-2)11-20(22)41-3/h4-8,10-11,17-18,21,23,35H,9,12H2,1-3H3/t17-,18+,21-,23+,28+,29-/m0/s1. The van der Waals surface area contributed by atoms with E-state index in [1.165, 1.54) is 33.4 Å². The number of phenols is 1. The number of benzene rings is 2. The second-order valence-corrected chi connectivity index (χ2v) is 12.4. The van der Waals surface area contributed by atoms with Crippen molar-refractivity contribution >= 4 is 64.1 Å². The molecule has 6 atom stereocenters. The molecule has 214 valence electrons. The van der Waals surface area contributed by atoms with Gasteiger partial charge in [-0.05, 0) is 43.0 Å². The molecular weight excluding hydrogens is 595 g/mol. The number of hydrogen-bond acceptors (Lipinski definition) is 7. The van der Waals surface area contributed by atoms with Crippen LogP contribution in [0, 0.1) is 17.8 Å². The summed E-state index contributed by atoms with van der Waals surface area (Å²) in [6.45, 7) is 0. The molecular formula is C29H25Cl3N2O7. The minimum Gasteiger partial charge on any atom is -0.507 e. The summed E-state index contributed by atoms with van der Waals surface area (Å²) in [6, 6.07) is 9.24. The maximum atomic E-state index is 14.0. The van der Waals surface area contributed by atoms with Gasteiger partial charge in [-0.2, -0.15) is 0 Å². The summed E-state index contributed by atoms with van der Waals surface area (Å²) < 4.78 is 10.9. The molecule has 4 aliphatic rings. The molecule has 41 heavy (non-hydrogen) atoms. The highest BCUT2D eigenvalue weighted by molar-refractivity contribution is 6.53. The average Bonchev–Trinajstić information content (AvgIpc) is 3.28. The molecule has 9 nitrogen and oxygen atoms in total. The van der Waals surface area contributed by atoms with E-state index >= 15 is 0 Å². The van der Waals surface area contributed by atoms with E-state index in [0.29, 0.717) is 16.3 Å². The van der Waals surface area contributed by atoms with Crippen LogP contribution in [0.1, 0.15) is 24.3 Å². The number of nitrogens with zero attached hydrogens (tertiary/aromatic N) is 2. The van der Waals surface area contributed by atoms with Gasteiger partial charge in [0.1, 0.15) is 17.2 Å². The van der Waals surface area contributed by atoms with Crippen LogP contribution in [-0.2, 0) is 19.2 Å². The fourth-order valence-electron chi connectivity index (χ4n) is 7.07. The third-order valence-electron chi connectivity index (χ3n) is 8.94. The number of methoxy groups -OCH3 is 2. The lowest BCUT2D eigenvalue weighted by Gasteiger charge is -2.51. The molecule has 0 spiro atoms. The molecule has 1 saturated carbocycles. The summed E-state index contributed by atoms with van der Waals surface area (Å²) in [5, 5.41) is 11.7. The number of carbonyl (C=O) groups is 4. The van der Waals surface area contributed by atoms with Crippen molar-refractivity contribution in [2.75, 3.05) is 26.2 Å². The molecule has 4 amide bonds. The van der Waals surface area contributed by atoms with Crippen molar-refractivity contribution in [3.63, 3.8) is 0 Å². The van der Waals surface area contributed by atoms with Crippen LogP contribution >= 0.6 is 34.8 Å². The van der Waals surface area contributed by atoms with Gasteiger partial charge in [-0.3, -0.25) is 29.0 Å². The van der Waals surface area contributed by atoms with Crippen LogP contribution in [0.3, 0.4) is 0 Å². The summed E-state index contributed by atoms with van der Waals surface area (Å²) in [5.74, 6) is -5.64. The van der Waals surface area contributed by atoms with Crippen molar-refractivity contribution in [2.24, 2.45) is 17.8 Å². The number of amides is 4. The average molecular weight is 620 g/mol. The number of ether oxygens (including phenoxy) is 2. The quantitative estimate of drug-likeness (QED) is 0.309. The molecule has 3 fully saturated rings. The van der Waals surface area contributed by atoms with E-state index in [1.54, 1.807) is 30.3 Å². The zero-order valence-electron chi connectivity index (χ0n) is 22.2. The van der Waals surface area contributed by atoms with Crippen LogP contribution in [0.5, 0.6) is 17.2 Å². The predicted octanol–water partition coefficient (Wildman–Crippen LogP) is 4.26. The Balaban J connectivity index is 1.55. The molecule has 1 N–H and O–H groups in total. The lowest BCUT2D eigenvalue weighted by atomic mass is 9.56. The van der Waals surface area contributed by atoms with E-state index in [9.17, 15) is 24.3 Å². The Morgan fingerprint density at radius 1 is 0.951 bits per heavy atom. The first kappa shape index (κ1) is 27.9. The molecule has 0 bridgehead atoms. The Morgan fingerprint density at radius 2 is 1.63 bits per heavy atom. The van der Waals surface area contributed by atoms with Gasteiger partial charge < -0.3 is 14.6 Å². The number of alkyl halides is 2. The van der Waals surface area contributed by atoms with Gasteiger partial charge in [-0.1, -0.05) is 23.3 Å². The number of allylic oxidation sites excluding steroid dienone is 2. The highest BCUT2D eigenvalue weighted by Crippen LogP contribution is 2.67. The Hall–Kier alpha value is -3.27. The Kier molecular flexibility index (Phi) is 6.37. The smallest absolute Gasteiger partial charge is 0.253 e. The number of fused-ring (bicyclic) bond motifs is 4. The molecule has 0 aromatic heterocycles. The fourth-order valence-corrected chi connectivity index (χ4v) is 8.20. The SMILES string of the molecule is COc1cc(O)c([C@H]2C3=CC[C@@H]4C(=O)N(c5ccc(Cl)cc5)C(=O)[C@@H]4[C@@H]3C[C@@]3(Cl)C(=O)N(C)C(=O)[C@@]23Cl)c(OC)c1. The summed E-state index contributed by atoms with van der Waals surface area (Å²) in [4.78, 5) is 53.0. The highest BCUT2D eigenvalue weighted by Gasteiger charge is 2.76. The Bertz CT molecular complexity index is 1560. The van der Waals surface area contributed by atoms with E-state index in [0.717, 1.165) is 9.80 Å². The van der Waals surface area contributed by atoms with Gasteiger partial charge in [-0.15, -0.1) is 23.2 Å². The number of phenolic OH excluding ortho intramolecular Hbond substituents is 1. The predicted molar refractivity (Wildman–Crippen MR) is 151 cm³/mol. The van der Waals surface area contributed by atoms with Crippen LogP contribution in [0.25, 0.3) is 0 Å². The number of anilines is 1. The first-order chi connectivity index (χ1) is 19.4. The topological polar surface area (TPSA) is 113 Å². The van der Waals surface area contributed by atoms with E-state index in [4.69, 9.17) is 44.3 Å². The van der Waals surface area contributed by atoms with Gasteiger partial charge in [-0.25, -0.2) is 0 Å². The van der Waals surface area contributed by atoms with E-state index < -0.39 is 51.1 Å². The number of halogens is 3. The van der Waals surface area contributed by atoms with E-state index in [1.807, 2.05) is 0 Å². The van der Waals surface area contributed by atoms with E-state index in [-0.39, 0.29) is 41.6 Å². The third kappa shape index (κ3) is 3.55. The molecule has 0 radical (unpaired) electrons.